The third kappa shape index (κ3) is 4.04. The number of aryl methyl sites for hydroxylation is 1. The lowest BCUT2D eigenvalue weighted by atomic mass is 9.83. The Balaban J connectivity index is 1.17. The molecule has 0 bridgehead atoms. The van der Waals surface area contributed by atoms with Crippen molar-refractivity contribution in [3.8, 4) is 5.75 Å². The SMILES string of the molecule is O=C(OCC1CCC1)N1CCC2(CCc3cc(N4CCNCC4)ccc3O2)CC1. The molecule has 158 valence electrons. The molecular weight excluding hydrogens is 366 g/mol. The Labute approximate surface area is 173 Å². The predicted octanol–water partition coefficient (Wildman–Crippen LogP) is 3.19. The van der Waals surface area contributed by atoms with E-state index in [2.05, 4.69) is 28.4 Å². The quantitative estimate of drug-likeness (QED) is 0.846. The van der Waals surface area contributed by atoms with Crippen LogP contribution in [-0.4, -0.2) is 62.5 Å². The fourth-order valence-corrected chi connectivity index (χ4v) is 5.02. The Morgan fingerprint density at radius 1 is 1.14 bits per heavy atom. The van der Waals surface area contributed by atoms with Gasteiger partial charge in [-0.1, -0.05) is 6.42 Å². The highest BCUT2D eigenvalue weighted by Crippen LogP contribution is 2.40. The summed E-state index contributed by atoms with van der Waals surface area (Å²) >= 11 is 0. The standard InChI is InChI=1S/C23H33N3O3/c27-22(28-17-18-2-1-3-18)26-12-8-23(9-13-26)7-6-19-16-20(4-5-21(19)29-23)25-14-10-24-11-15-25/h4-5,16,18,24H,1-3,6-15,17H2. The first kappa shape index (κ1) is 19.0. The van der Waals surface area contributed by atoms with Crippen LogP contribution < -0.4 is 15.0 Å². The van der Waals surface area contributed by atoms with Gasteiger partial charge in [-0.15, -0.1) is 0 Å². The fourth-order valence-electron chi connectivity index (χ4n) is 5.02. The number of benzene rings is 1. The molecule has 1 amide bonds. The molecular formula is C23H33N3O3. The molecule has 2 saturated heterocycles. The number of carbonyl (C=O) groups is 1. The molecule has 0 aromatic heterocycles. The van der Waals surface area contributed by atoms with E-state index >= 15 is 0 Å². The lowest BCUT2D eigenvalue weighted by Gasteiger charge is -2.44. The number of likely N-dealkylation sites (tertiary alicyclic amines) is 1. The van der Waals surface area contributed by atoms with E-state index in [-0.39, 0.29) is 11.7 Å². The van der Waals surface area contributed by atoms with E-state index in [1.54, 1.807) is 0 Å². The van der Waals surface area contributed by atoms with Gasteiger partial charge in [-0.3, -0.25) is 0 Å². The fraction of sp³-hybridized carbons (Fsp3) is 0.696. The monoisotopic (exact) mass is 399 g/mol. The highest BCUT2D eigenvalue weighted by atomic mass is 16.6. The molecule has 1 aromatic carbocycles. The smallest absolute Gasteiger partial charge is 0.409 e. The minimum atomic E-state index is -0.136. The van der Waals surface area contributed by atoms with E-state index in [4.69, 9.17) is 9.47 Å². The molecule has 6 heteroatoms. The number of carbonyl (C=O) groups excluding carboxylic acids is 1. The average Bonchev–Trinajstić information content (AvgIpc) is 2.73. The minimum absolute atomic E-state index is 0.117. The largest absolute Gasteiger partial charge is 0.487 e. The van der Waals surface area contributed by atoms with Gasteiger partial charge >= 0.3 is 6.09 Å². The van der Waals surface area contributed by atoms with E-state index in [9.17, 15) is 4.79 Å². The summed E-state index contributed by atoms with van der Waals surface area (Å²) < 4.78 is 12.1. The number of amides is 1. The Morgan fingerprint density at radius 2 is 1.93 bits per heavy atom. The molecule has 3 heterocycles. The number of fused-ring (bicyclic) bond motifs is 1. The van der Waals surface area contributed by atoms with Gasteiger partial charge in [0.15, 0.2) is 0 Å². The summed E-state index contributed by atoms with van der Waals surface area (Å²) in [5, 5.41) is 3.41. The molecule has 3 fully saturated rings. The number of hydrogen-bond acceptors (Lipinski definition) is 5. The Kier molecular flexibility index (Phi) is 5.29. The summed E-state index contributed by atoms with van der Waals surface area (Å²) in [6.07, 6.45) is 7.44. The van der Waals surface area contributed by atoms with Crippen LogP contribution in [0, 0.1) is 5.92 Å². The van der Waals surface area contributed by atoms with Gasteiger partial charge in [-0.2, -0.15) is 0 Å². The Morgan fingerprint density at radius 3 is 2.66 bits per heavy atom. The maximum absolute atomic E-state index is 12.4. The van der Waals surface area contributed by atoms with Gasteiger partial charge in [0.2, 0.25) is 0 Å². The zero-order chi connectivity index (χ0) is 19.7. The highest BCUT2D eigenvalue weighted by Gasteiger charge is 2.41. The van der Waals surface area contributed by atoms with Crippen LogP contribution in [0.25, 0.3) is 0 Å². The first-order valence-electron chi connectivity index (χ1n) is 11.4. The van der Waals surface area contributed by atoms with E-state index in [0.717, 1.165) is 70.7 Å². The molecule has 0 atom stereocenters. The molecule has 5 rings (SSSR count). The molecule has 1 spiro atoms. The number of piperidine rings is 1. The lowest BCUT2D eigenvalue weighted by molar-refractivity contribution is -0.0168. The second-order valence-electron chi connectivity index (χ2n) is 9.18. The summed E-state index contributed by atoms with van der Waals surface area (Å²) in [7, 11) is 0. The van der Waals surface area contributed by atoms with Crippen molar-refractivity contribution in [1.29, 1.82) is 0 Å². The van der Waals surface area contributed by atoms with Crippen molar-refractivity contribution in [2.24, 2.45) is 5.92 Å². The van der Waals surface area contributed by atoms with Crippen molar-refractivity contribution in [2.45, 2.75) is 50.5 Å². The predicted molar refractivity (Wildman–Crippen MR) is 113 cm³/mol. The van der Waals surface area contributed by atoms with Crippen LogP contribution in [0.2, 0.25) is 0 Å². The molecule has 1 aliphatic carbocycles. The summed E-state index contributed by atoms with van der Waals surface area (Å²) in [4.78, 5) is 16.7. The van der Waals surface area contributed by atoms with Gasteiger partial charge in [0.25, 0.3) is 0 Å². The van der Waals surface area contributed by atoms with Crippen molar-refractivity contribution in [3.05, 3.63) is 23.8 Å². The van der Waals surface area contributed by atoms with Crippen LogP contribution in [0.1, 0.15) is 44.1 Å². The molecule has 0 unspecified atom stereocenters. The highest BCUT2D eigenvalue weighted by molar-refractivity contribution is 5.67. The molecule has 6 nitrogen and oxygen atoms in total. The maximum atomic E-state index is 12.4. The summed E-state index contributed by atoms with van der Waals surface area (Å²) in [5.74, 6) is 1.63. The number of nitrogens with one attached hydrogen (secondary N) is 1. The Hall–Kier alpha value is -1.95. The second-order valence-corrected chi connectivity index (χ2v) is 9.18. The van der Waals surface area contributed by atoms with Crippen LogP contribution >= 0.6 is 0 Å². The van der Waals surface area contributed by atoms with Crippen molar-refractivity contribution in [1.82, 2.24) is 10.2 Å². The summed E-state index contributed by atoms with van der Waals surface area (Å²) in [6.45, 7) is 6.30. The van der Waals surface area contributed by atoms with Crippen molar-refractivity contribution < 1.29 is 14.3 Å². The molecule has 4 aliphatic rings. The second kappa shape index (κ2) is 8.05. The first-order chi connectivity index (χ1) is 14.2. The zero-order valence-corrected chi connectivity index (χ0v) is 17.3. The average molecular weight is 400 g/mol. The van der Waals surface area contributed by atoms with Gasteiger partial charge in [0.05, 0.1) is 6.61 Å². The summed E-state index contributed by atoms with van der Waals surface area (Å²) in [5.41, 5.74) is 2.52. The van der Waals surface area contributed by atoms with Gasteiger partial charge in [-0.05, 0) is 55.4 Å². The third-order valence-electron chi connectivity index (χ3n) is 7.30. The molecule has 29 heavy (non-hydrogen) atoms. The number of rotatable bonds is 3. The van der Waals surface area contributed by atoms with Crippen LogP contribution in [0.5, 0.6) is 5.75 Å². The van der Waals surface area contributed by atoms with Crippen LogP contribution in [0.4, 0.5) is 10.5 Å². The molecule has 1 aromatic rings. The first-order valence-corrected chi connectivity index (χ1v) is 11.4. The van der Waals surface area contributed by atoms with Gasteiger partial charge in [0.1, 0.15) is 11.4 Å². The van der Waals surface area contributed by atoms with Gasteiger partial charge < -0.3 is 24.6 Å². The third-order valence-corrected chi connectivity index (χ3v) is 7.30. The van der Waals surface area contributed by atoms with E-state index in [1.165, 1.54) is 30.5 Å². The topological polar surface area (TPSA) is 54.0 Å². The summed E-state index contributed by atoms with van der Waals surface area (Å²) in [6, 6.07) is 6.68. The van der Waals surface area contributed by atoms with Crippen molar-refractivity contribution in [3.63, 3.8) is 0 Å². The van der Waals surface area contributed by atoms with Crippen molar-refractivity contribution >= 4 is 11.8 Å². The van der Waals surface area contributed by atoms with Gasteiger partial charge in [-0.25, -0.2) is 4.79 Å². The van der Waals surface area contributed by atoms with Crippen LogP contribution in [-0.2, 0) is 11.2 Å². The number of nitrogens with zero attached hydrogens (tertiary/aromatic N) is 2. The van der Waals surface area contributed by atoms with E-state index in [1.807, 2.05) is 4.90 Å². The van der Waals surface area contributed by atoms with Crippen molar-refractivity contribution in [2.75, 3.05) is 50.8 Å². The molecule has 3 aliphatic heterocycles. The molecule has 1 N–H and O–H groups in total. The minimum Gasteiger partial charge on any atom is -0.487 e. The van der Waals surface area contributed by atoms with Crippen LogP contribution in [0.15, 0.2) is 18.2 Å². The Bertz CT molecular complexity index is 735. The number of ether oxygens (including phenoxy) is 2. The van der Waals surface area contributed by atoms with Gasteiger partial charge in [0, 0.05) is 57.8 Å². The zero-order valence-electron chi connectivity index (χ0n) is 17.3. The normalized spacial score (nSPS) is 23.9. The molecule has 0 radical (unpaired) electrons. The molecule has 1 saturated carbocycles. The van der Waals surface area contributed by atoms with E-state index < -0.39 is 0 Å². The lowest BCUT2D eigenvalue weighted by Crippen LogP contribution is -2.51. The van der Waals surface area contributed by atoms with E-state index in [0.29, 0.717) is 12.5 Å². The number of anilines is 1. The van der Waals surface area contributed by atoms with Crippen LogP contribution in [0.3, 0.4) is 0 Å². The number of hydrogen-bond donors (Lipinski definition) is 1. The number of piperazine rings is 1. The maximum Gasteiger partial charge on any atom is 0.409 e.